The van der Waals surface area contributed by atoms with E-state index >= 15 is 0 Å². The van der Waals surface area contributed by atoms with Crippen LogP contribution in [-0.4, -0.2) is 12.3 Å². The van der Waals surface area contributed by atoms with Gasteiger partial charge in [-0.2, -0.15) is 0 Å². The summed E-state index contributed by atoms with van der Waals surface area (Å²) in [5.74, 6) is 1.27. The van der Waals surface area contributed by atoms with Gasteiger partial charge in [0.25, 0.3) is 0 Å². The van der Waals surface area contributed by atoms with Gasteiger partial charge >= 0.3 is 0 Å². The zero-order valence-corrected chi connectivity index (χ0v) is 8.76. The smallest absolute Gasteiger partial charge is 0.0740 e. The normalized spacial score (nSPS) is 23.4. The average molecular weight is 165 g/mol. The fourth-order valence-electron chi connectivity index (χ4n) is 1.91. The summed E-state index contributed by atoms with van der Waals surface area (Å²) >= 11 is 0. The molecule has 0 aromatic carbocycles. The highest BCUT2D eigenvalue weighted by atomic mass is 14.8. The van der Waals surface area contributed by atoms with Crippen molar-refractivity contribution in [3.8, 4) is 0 Å². The molecule has 0 saturated heterocycles. The molecule has 0 aliphatic carbocycles. The van der Waals surface area contributed by atoms with Gasteiger partial charge in [0.1, 0.15) is 0 Å². The number of nitrogens with zero attached hydrogens (tertiary/aromatic N) is 1. The lowest BCUT2D eigenvalue weighted by Gasteiger charge is -2.20. The van der Waals surface area contributed by atoms with Crippen molar-refractivity contribution in [1.29, 1.82) is 0 Å². The van der Waals surface area contributed by atoms with Gasteiger partial charge in [-0.1, -0.05) is 27.7 Å². The quantitative estimate of drug-likeness (QED) is 0.596. The molecule has 0 spiro atoms. The van der Waals surface area contributed by atoms with Crippen LogP contribution in [0.3, 0.4) is 0 Å². The fourth-order valence-corrected chi connectivity index (χ4v) is 1.91. The molecule has 68 valence electrons. The zero-order valence-electron chi connectivity index (χ0n) is 8.76. The summed E-state index contributed by atoms with van der Waals surface area (Å²) < 4.78 is 0. The molecule has 0 radical (unpaired) electrons. The van der Waals surface area contributed by atoms with Gasteiger partial charge < -0.3 is 0 Å². The molecule has 1 aliphatic rings. The lowest BCUT2D eigenvalue weighted by atomic mass is 9.88. The van der Waals surface area contributed by atoms with Crippen LogP contribution < -0.4 is 0 Å². The van der Waals surface area contributed by atoms with E-state index in [9.17, 15) is 0 Å². The Morgan fingerprint density at radius 1 is 1.25 bits per heavy atom. The van der Waals surface area contributed by atoms with E-state index in [0.717, 1.165) is 0 Å². The van der Waals surface area contributed by atoms with Crippen LogP contribution in [0.2, 0.25) is 0 Å². The fraction of sp³-hybridized carbons (Fsp3) is 0.727. The number of hydrogen-bond acceptors (Lipinski definition) is 1. The van der Waals surface area contributed by atoms with Gasteiger partial charge in [0.15, 0.2) is 0 Å². The molecule has 1 heterocycles. The van der Waals surface area contributed by atoms with Crippen LogP contribution in [0.1, 0.15) is 34.6 Å². The van der Waals surface area contributed by atoms with E-state index in [1.807, 2.05) is 6.21 Å². The van der Waals surface area contributed by atoms with Gasteiger partial charge in [0.05, 0.1) is 6.04 Å². The molecule has 1 atom stereocenters. The lowest BCUT2D eigenvalue weighted by molar-refractivity contribution is 0.516. The summed E-state index contributed by atoms with van der Waals surface area (Å²) in [6, 6.07) is 0.449. The highest BCUT2D eigenvalue weighted by Gasteiger charge is 2.24. The molecular formula is C11H19N. The Morgan fingerprint density at radius 2 is 1.83 bits per heavy atom. The molecular weight excluding hydrogens is 146 g/mol. The third-order valence-electron chi connectivity index (χ3n) is 2.46. The van der Waals surface area contributed by atoms with E-state index in [4.69, 9.17) is 0 Å². The monoisotopic (exact) mass is 165 g/mol. The van der Waals surface area contributed by atoms with Crippen molar-refractivity contribution in [3.05, 3.63) is 11.1 Å². The highest BCUT2D eigenvalue weighted by Crippen LogP contribution is 2.29. The molecule has 0 amide bonds. The molecule has 0 fully saturated rings. The van der Waals surface area contributed by atoms with Crippen LogP contribution in [0.4, 0.5) is 0 Å². The van der Waals surface area contributed by atoms with Gasteiger partial charge in [-0.3, -0.25) is 4.99 Å². The van der Waals surface area contributed by atoms with E-state index in [2.05, 4.69) is 39.6 Å². The highest BCUT2D eigenvalue weighted by molar-refractivity contribution is 5.82. The molecule has 0 N–H and O–H groups in total. The molecule has 0 bridgehead atoms. The van der Waals surface area contributed by atoms with Gasteiger partial charge in [0, 0.05) is 6.21 Å². The molecule has 12 heavy (non-hydrogen) atoms. The first-order valence-electron chi connectivity index (χ1n) is 4.78. The van der Waals surface area contributed by atoms with E-state index in [1.54, 1.807) is 0 Å². The maximum atomic E-state index is 4.52. The van der Waals surface area contributed by atoms with Crippen LogP contribution in [-0.2, 0) is 0 Å². The second kappa shape index (κ2) is 3.42. The van der Waals surface area contributed by atoms with Crippen LogP contribution in [0.15, 0.2) is 16.1 Å². The van der Waals surface area contributed by atoms with Crippen molar-refractivity contribution in [2.45, 2.75) is 40.7 Å². The van der Waals surface area contributed by atoms with E-state index in [0.29, 0.717) is 17.9 Å². The van der Waals surface area contributed by atoms with Crippen molar-refractivity contribution >= 4 is 6.21 Å². The molecule has 1 nitrogen and oxygen atoms in total. The first kappa shape index (κ1) is 9.50. The number of allylic oxidation sites excluding steroid dienone is 1. The molecule has 0 aromatic heterocycles. The number of rotatable bonds is 2. The van der Waals surface area contributed by atoms with Crippen LogP contribution in [0.5, 0.6) is 0 Å². The lowest BCUT2D eigenvalue weighted by Crippen LogP contribution is -2.17. The van der Waals surface area contributed by atoms with Crippen molar-refractivity contribution in [3.63, 3.8) is 0 Å². The minimum absolute atomic E-state index is 0.449. The molecule has 1 aliphatic heterocycles. The Morgan fingerprint density at radius 3 is 2.17 bits per heavy atom. The molecule has 1 heteroatoms. The van der Waals surface area contributed by atoms with Crippen LogP contribution in [0, 0.1) is 11.8 Å². The minimum Gasteiger partial charge on any atom is -0.285 e. The SMILES string of the molecule is CC1=C(C(C)C)C(C(C)C)N=C1. The van der Waals surface area contributed by atoms with Gasteiger partial charge in [-0.15, -0.1) is 0 Å². The third kappa shape index (κ3) is 1.60. The molecule has 0 aromatic rings. The van der Waals surface area contributed by atoms with Gasteiger partial charge in [-0.25, -0.2) is 0 Å². The molecule has 0 saturated carbocycles. The summed E-state index contributed by atoms with van der Waals surface area (Å²) in [5.41, 5.74) is 2.91. The Kier molecular flexibility index (Phi) is 2.71. The standard InChI is InChI=1S/C11H19N/c1-7(2)10-9(5)6-12-11(10)8(3)4/h6-8,11H,1-5H3. The Labute approximate surface area is 75.6 Å². The first-order chi connectivity index (χ1) is 5.54. The second-order valence-corrected chi connectivity index (χ2v) is 4.26. The summed E-state index contributed by atoms with van der Waals surface area (Å²) in [7, 11) is 0. The second-order valence-electron chi connectivity index (χ2n) is 4.26. The number of hydrogen-bond donors (Lipinski definition) is 0. The molecule has 1 unspecified atom stereocenters. The van der Waals surface area contributed by atoms with Crippen molar-refractivity contribution in [2.75, 3.05) is 0 Å². The maximum absolute atomic E-state index is 4.52. The summed E-state index contributed by atoms with van der Waals surface area (Å²) in [6.07, 6.45) is 2.03. The van der Waals surface area contributed by atoms with Crippen LogP contribution in [0.25, 0.3) is 0 Å². The summed E-state index contributed by atoms with van der Waals surface area (Å²) in [4.78, 5) is 4.52. The minimum atomic E-state index is 0.449. The van der Waals surface area contributed by atoms with E-state index in [1.165, 1.54) is 11.1 Å². The zero-order chi connectivity index (χ0) is 9.30. The first-order valence-corrected chi connectivity index (χ1v) is 4.78. The topological polar surface area (TPSA) is 12.4 Å². The molecule has 1 rings (SSSR count). The predicted molar refractivity (Wildman–Crippen MR) is 54.7 cm³/mol. The van der Waals surface area contributed by atoms with Crippen molar-refractivity contribution in [1.82, 2.24) is 0 Å². The average Bonchev–Trinajstić information content (AvgIpc) is 2.30. The maximum Gasteiger partial charge on any atom is 0.0740 e. The Balaban J connectivity index is 2.88. The number of aliphatic imine (C=N–C) groups is 1. The summed E-state index contributed by atoms with van der Waals surface area (Å²) in [6.45, 7) is 11.2. The van der Waals surface area contributed by atoms with Crippen molar-refractivity contribution < 1.29 is 0 Å². The van der Waals surface area contributed by atoms with E-state index < -0.39 is 0 Å². The van der Waals surface area contributed by atoms with Crippen LogP contribution >= 0.6 is 0 Å². The Hall–Kier alpha value is -0.590. The summed E-state index contributed by atoms with van der Waals surface area (Å²) in [5, 5.41) is 0. The largest absolute Gasteiger partial charge is 0.285 e. The van der Waals surface area contributed by atoms with Gasteiger partial charge in [-0.05, 0) is 29.9 Å². The van der Waals surface area contributed by atoms with Gasteiger partial charge in [0.2, 0.25) is 0 Å². The predicted octanol–water partition coefficient (Wildman–Crippen LogP) is 3.07. The van der Waals surface area contributed by atoms with E-state index in [-0.39, 0.29) is 0 Å². The third-order valence-corrected chi connectivity index (χ3v) is 2.46. The Bertz CT molecular complexity index is 221. The van der Waals surface area contributed by atoms with Crippen molar-refractivity contribution in [2.24, 2.45) is 16.8 Å².